The molecule has 0 fully saturated rings. The number of nitrogens with one attached hydrogen (secondary N) is 1. The normalized spacial score (nSPS) is 25.3. The number of hydrogen-bond acceptors (Lipinski definition) is 11. The van der Waals surface area contributed by atoms with Gasteiger partial charge >= 0.3 is 0 Å². The average Bonchev–Trinajstić information content (AvgIpc) is 3.53. The smallest absolute Gasteiger partial charge is 0.255 e. The molecule has 0 unspecified atom stereocenters. The SMILES string of the molecule is C[C@H]1c2ccc(Nc3nc(-c4ccc(-c5ccccc5)cc4)cs3)c(O)c2C(=O)C2=C(O)[C@]3(O)C(=O)C(C(N)=O)=C(O)C[C@@H]3[C@@H](O)[C@@H]21. The van der Waals surface area contributed by atoms with Gasteiger partial charge in [-0.3, -0.25) is 14.4 Å². The van der Waals surface area contributed by atoms with Gasteiger partial charge in [-0.05, 0) is 28.7 Å². The Morgan fingerprint density at radius 1 is 0.979 bits per heavy atom. The Hall–Kier alpha value is -5.30. The number of aliphatic hydroxyl groups is 4. The first-order valence-corrected chi connectivity index (χ1v) is 15.7. The van der Waals surface area contributed by atoms with Gasteiger partial charge in [-0.1, -0.05) is 67.6 Å². The molecule has 0 saturated heterocycles. The molecule has 4 aromatic rings. The van der Waals surface area contributed by atoms with Gasteiger partial charge in [0.2, 0.25) is 5.78 Å². The number of allylic oxidation sites excluding steroid dienone is 1. The number of aromatic nitrogens is 1. The van der Waals surface area contributed by atoms with E-state index in [0.29, 0.717) is 16.4 Å². The number of rotatable bonds is 5. The number of carbonyl (C=O) groups excluding carboxylic acids is 3. The third kappa shape index (κ3) is 4.48. The minimum absolute atomic E-state index is 0.147. The van der Waals surface area contributed by atoms with Crippen LogP contribution in [0.3, 0.4) is 0 Å². The van der Waals surface area contributed by atoms with Crippen LogP contribution in [0.25, 0.3) is 22.4 Å². The summed E-state index contributed by atoms with van der Waals surface area (Å²) in [5.74, 6) is -9.09. The van der Waals surface area contributed by atoms with Crippen LogP contribution < -0.4 is 11.1 Å². The molecule has 11 nitrogen and oxygen atoms in total. The second-order valence-corrected chi connectivity index (χ2v) is 12.9. The maximum absolute atomic E-state index is 14.0. The number of primary amides is 1. The fraction of sp³-hybridized carbons (Fsp3) is 0.200. The van der Waals surface area contributed by atoms with E-state index in [2.05, 4.69) is 10.3 Å². The number of aliphatic hydroxyl groups excluding tert-OH is 3. The van der Waals surface area contributed by atoms with Crippen molar-refractivity contribution in [3.8, 4) is 28.1 Å². The molecule has 1 aromatic heterocycles. The van der Waals surface area contributed by atoms with Crippen molar-refractivity contribution >= 4 is 39.6 Å². The summed E-state index contributed by atoms with van der Waals surface area (Å²) in [4.78, 5) is 43.8. The van der Waals surface area contributed by atoms with Crippen LogP contribution >= 0.6 is 11.3 Å². The zero-order chi connectivity index (χ0) is 33.4. The van der Waals surface area contributed by atoms with Gasteiger partial charge in [-0.2, -0.15) is 0 Å². The van der Waals surface area contributed by atoms with Crippen molar-refractivity contribution in [1.29, 1.82) is 0 Å². The molecule has 0 bridgehead atoms. The number of ketones is 2. The van der Waals surface area contributed by atoms with E-state index in [9.17, 15) is 39.9 Å². The number of phenolic OH excluding ortho intramolecular Hbond substituents is 1. The maximum atomic E-state index is 14.0. The number of Topliss-reactive ketones (excluding diaryl/α,β-unsaturated/α-hetero) is 2. The molecule has 47 heavy (non-hydrogen) atoms. The molecular formula is C35H29N3O8S. The van der Waals surface area contributed by atoms with Crippen molar-refractivity contribution in [2.75, 3.05) is 5.32 Å². The van der Waals surface area contributed by atoms with Crippen molar-refractivity contribution in [3.63, 3.8) is 0 Å². The van der Waals surface area contributed by atoms with Crippen LogP contribution in [0.4, 0.5) is 10.8 Å². The Morgan fingerprint density at radius 3 is 2.32 bits per heavy atom. The summed E-state index contributed by atoms with van der Waals surface area (Å²) in [5, 5.41) is 61.4. The molecule has 3 aliphatic rings. The highest BCUT2D eigenvalue weighted by Gasteiger charge is 2.64. The van der Waals surface area contributed by atoms with E-state index < -0.39 is 81.8 Å². The second-order valence-electron chi connectivity index (χ2n) is 12.0. The molecule has 1 amide bonds. The van der Waals surface area contributed by atoms with E-state index in [-0.39, 0.29) is 11.3 Å². The number of carbonyl (C=O) groups is 3. The molecule has 8 N–H and O–H groups in total. The van der Waals surface area contributed by atoms with Crippen LogP contribution in [0.2, 0.25) is 0 Å². The summed E-state index contributed by atoms with van der Waals surface area (Å²) in [6, 6.07) is 21.1. The highest BCUT2D eigenvalue weighted by atomic mass is 32.1. The van der Waals surface area contributed by atoms with Crippen LogP contribution in [0, 0.1) is 11.8 Å². The number of hydrogen-bond donors (Lipinski definition) is 7. The molecule has 12 heteroatoms. The highest BCUT2D eigenvalue weighted by molar-refractivity contribution is 7.14. The number of phenols is 1. The largest absolute Gasteiger partial charge is 0.511 e. The first kappa shape index (κ1) is 30.4. The Morgan fingerprint density at radius 2 is 1.64 bits per heavy atom. The molecule has 3 aromatic carbocycles. The number of aromatic hydroxyl groups is 1. The molecule has 1 heterocycles. The number of fused-ring (bicyclic) bond motifs is 3. The van der Waals surface area contributed by atoms with Gasteiger partial charge in [0.1, 0.15) is 17.1 Å². The molecule has 7 rings (SSSR count). The fourth-order valence-electron chi connectivity index (χ4n) is 7.14. The van der Waals surface area contributed by atoms with Crippen molar-refractivity contribution in [3.05, 3.63) is 106 Å². The predicted octanol–water partition coefficient (Wildman–Crippen LogP) is 4.65. The van der Waals surface area contributed by atoms with E-state index in [1.165, 1.54) is 11.3 Å². The lowest BCUT2D eigenvalue weighted by Gasteiger charge is -2.50. The molecule has 0 aliphatic heterocycles. The summed E-state index contributed by atoms with van der Waals surface area (Å²) in [6.07, 6.45) is -2.13. The van der Waals surface area contributed by atoms with Crippen molar-refractivity contribution in [2.45, 2.75) is 31.0 Å². The third-order valence-corrected chi connectivity index (χ3v) is 10.3. The Balaban J connectivity index is 1.22. The first-order chi connectivity index (χ1) is 22.4. The van der Waals surface area contributed by atoms with Crippen molar-refractivity contribution < 1.29 is 39.9 Å². The second kappa shape index (κ2) is 10.9. The number of amides is 1. The monoisotopic (exact) mass is 651 g/mol. The van der Waals surface area contributed by atoms with Gasteiger partial charge < -0.3 is 36.6 Å². The summed E-state index contributed by atoms with van der Waals surface area (Å²) >= 11 is 1.29. The zero-order valence-corrected chi connectivity index (χ0v) is 25.7. The van der Waals surface area contributed by atoms with Crippen molar-refractivity contribution in [1.82, 2.24) is 4.98 Å². The maximum Gasteiger partial charge on any atom is 0.255 e. The van der Waals surface area contributed by atoms with E-state index in [4.69, 9.17) is 5.73 Å². The van der Waals surface area contributed by atoms with Gasteiger partial charge in [0.15, 0.2) is 22.3 Å². The summed E-state index contributed by atoms with van der Waals surface area (Å²) in [6.45, 7) is 1.68. The molecule has 238 valence electrons. The minimum Gasteiger partial charge on any atom is -0.511 e. The van der Waals surface area contributed by atoms with E-state index in [1.807, 2.05) is 60.0 Å². The summed E-state index contributed by atoms with van der Waals surface area (Å²) < 4.78 is 0. The first-order valence-electron chi connectivity index (χ1n) is 14.8. The molecular weight excluding hydrogens is 622 g/mol. The molecule has 0 saturated carbocycles. The Kier molecular flexibility index (Phi) is 7.04. The van der Waals surface area contributed by atoms with E-state index in [0.717, 1.165) is 16.7 Å². The minimum atomic E-state index is -2.89. The summed E-state index contributed by atoms with van der Waals surface area (Å²) in [5.41, 5.74) is 5.07. The summed E-state index contributed by atoms with van der Waals surface area (Å²) in [7, 11) is 0. The Labute approximate surface area is 272 Å². The van der Waals surface area contributed by atoms with Gasteiger partial charge in [0.05, 0.1) is 23.0 Å². The highest BCUT2D eigenvalue weighted by Crippen LogP contribution is 2.55. The number of nitrogens with two attached hydrogens (primary N) is 1. The molecule has 0 radical (unpaired) electrons. The number of benzene rings is 3. The molecule has 5 atom stereocenters. The average molecular weight is 652 g/mol. The fourth-order valence-corrected chi connectivity index (χ4v) is 7.87. The number of anilines is 2. The lowest BCUT2D eigenvalue weighted by molar-refractivity contribution is -0.154. The Bertz CT molecular complexity index is 2050. The predicted molar refractivity (Wildman–Crippen MR) is 173 cm³/mol. The van der Waals surface area contributed by atoms with Gasteiger partial charge in [0.25, 0.3) is 5.91 Å². The third-order valence-electron chi connectivity index (χ3n) is 9.53. The van der Waals surface area contributed by atoms with Crippen LogP contribution in [-0.4, -0.2) is 59.7 Å². The number of thiazole rings is 1. The quantitative estimate of drug-likeness (QED) is 0.118. The van der Waals surface area contributed by atoms with Crippen LogP contribution in [0.15, 0.2) is 94.8 Å². The van der Waals surface area contributed by atoms with E-state index in [1.54, 1.807) is 19.1 Å². The zero-order valence-electron chi connectivity index (χ0n) is 24.8. The van der Waals surface area contributed by atoms with Gasteiger partial charge in [-0.25, -0.2) is 4.98 Å². The van der Waals surface area contributed by atoms with Gasteiger partial charge in [-0.15, -0.1) is 11.3 Å². The van der Waals surface area contributed by atoms with E-state index >= 15 is 0 Å². The molecule has 3 aliphatic carbocycles. The number of nitrogens with zero attached hydrogens (tertiary/aromatic N) is 1. The van der Waals surface area contributed by atoms with Crippen molar-refractivity contribution in [2.24, 2.45) is 17.6 Å². The van der Waals surface area contributed by atoms with Crippen LogP contribution in [-0.2, 0) is 9.59 Å². The lowest BCUT2D eigenvalue weighted by atomic mass is 9.56. The lowest BCUT2D eigenvalue weighted by Crippen LogP contribution is -2.62. The topological polar surface area (TPSA) is 203 Å². The molecule has 0 spiro atoms. The standard InChI is InChI=1S/C35H29N3O8S/c1-15-19-11-12-21(37-34-38-22(14-47-34)18-9-7-17(8-10-18)16-5-3-2-4-6-16)29(41)25(19)30(42)27-24(15)28(40)20-13-23(39)26(33(36)45)31(43)35(20,46)32(27)44/h2-12,14-15,20,24,28,39-41,44,46H,13H2,1H3,(H2,36,45)(H,37,38)/t15-,20+,24+,28+,35+/m0/s1. The van der Waals surface area contributed by atoms with Crippen LogP contribution in [0.1, 0.15) is 35.2 Å². The van der Waals surface area contributed by atoms with Gasteiger partial charge in [0, 0.05) is 34.8 Å². The van der Waals surface area contributed by atoms with Crippen LogP contribution in [0.5, 0.6) is 5.75 Å².